The van der Waals surface area contributed by atoms with Crippen molar-refractivity contribution in [2.45, 2.75) is 127 Å². The summed E-state index contributed by atoms with van der Waals surface area (Å²) in [7, 11) is 37.8. The molecule has 0 heterocycles. The molecule has 0 aliphatic rings. The minimum absolute atomic E-state index is 0. The molecule has 0 aliphatic carbocycles. The smallest absolute Gasteiger partial charge is 3.00 e. The van der Waals surface area contributed by atoms with Crippen LogP contribution in [0.5, 0.6) is 0 Å². The van der Waals surface area contributed by atoms with Crippen molar-refractivity contribution >= 4 is 18.6 Å². The molecule has 0 spiro atoms. The molecule has 0 fully saturated rings. The molecule has 1 radical (unpaired) electrons. The van der Waals surface area contributed by atoms with E-state index >= 15 is 0 Å². The van der Waals surface area contributed by atoms with Crippen LogP contribution in [0.15, 0.2) is 91.0 Å². The Morgan fingerprint density at radius 1 is 0.333 bits per heavy atom. The fraction of sp³-hybridized carbons (Fsp3) is 0.695. The van der Waals surface area contributed by atoms with Crippen molar-refractivity contribution in [3.05, 3.63) is 150 Å². The quantitative estimate of drug-likeness (QED) is 0.153. The van der Waals surface area contributed by atoms with Crippen LogP contribution in [-0.2, 0) is 79.7 Å². The van der Waals surface area contributed by atoms with E-state index in [1.807, 2.05) is 54.6 Å². The Kier molecular flexibility index (Phi) is 105. The largest absolute Gasteiger partial charge is 4.00 e. The first kappa shape index (κ1) is 103. The molecule has 3 rings (SSSR count). The number of rotatable bonds is 12. The summed E-state index contributed by atoms with van der Waals surface area (Å²) >= 11 is -0.556. The summed E-state index contributed by atoms with van der Waals surface area (Å²) in [6, 6.07) is 30.6. The van der Waals surface area contributed by atoms with E-state index in [9.17, 15) is 15.3 Å². The third kappa shape index (κ3) is 68.1. The summed E-state index contributed by atoms with van der Waals surface area (Å²) < 4.78 is 0. The average Bonchev–Trinajstić information content (AvgIpc) is 3.30. The summed E-state index contributed by atoms with van der Waals surface area (Å²) in [5.41, 5.74) is 1.84. The van der Waals surface area contributed by atoms with Gasteiger partial charge < -0.3 is 57.9 Å². The molecule has 16 heteroatoms. The van der Waals surface area contributed by atoms with E-state index in [0.717, 1.165) is 19.3 Å². The van der Waals surface area contributed by atoms with E-state index in [0.29, 0.717) is 0 Å². The molecule has 0 atom stereocenters. The van der Waals surface area contributed by atoms with Gasteiger partial charge in [-0.3, -0.25) is 0 Å². The number of hydrogen-bond acceptors (Lipinski definition) is 3. The molecular weight excluding hydrogens is 1080 g/mol. The van der Waals surface area contributed by atoms with Crippen LogP contribution in [0.2, 0.25) is 0 Å². The fourth-order valence-electron chi connectivity index (χ4n) is 5.99. The van der Waals surface area contributed by atoms with Crippen molar-refractivity contribution in [3.8, 4) is 0 Å². The van der Waals surface area contributed by atoms with Crippen molar-refractivity contribution in [1.82, 2.24) is 0 Å². The molecule has 0 aliphatic heterocycles. The van der Waals surface area contributed by atoms with Crippen LogP contribution in [0.3, 0.4) is 0 Å². The maximum Gasteiger partial charge on any atom is 4.00 e. The van der Waals surface area contributed by atoms with Crippen LogP contribution < -0.4 is 0 Å². The Hall–Kier alpha value is -0.0571. The molecule has 75 heavy (non-hydrogen) atoms. The first-order valence-corrected chi connectivity index (χ1v) is 29.0. The van der Waals surface area contributed by atoms with Crippen molar-refractivity contribution < 1.29 is 75.8 Å². The van der Waals surface area contributed by atoms with Crippen LogP contribution in [0, 0.1) is 35.5 Å². The van der Waals surface area contributed by atoms with Crippen LogP contribution in [-0.4, -0.2) is 145 Å². The molecular formula is C59H118Cl2N8O3Ti3-. The minimum atomic E-state index is -0.596. The summed E-state index contributed by atoms with van der Waals surface area (Å²) in [5.74, 6) is 1.65. The molecule has 3 aromatic rings. The maximum absolute atomic E-state index is 10.6. The second-order valence-electron chi connectivity index (χ2n) is 18.5. The SMILES string of the molecule is C.CC(C)C(O)(Cc1ccccc1)C(C)C.CC(C)C(O)(Cc1ccccc1)C(C)C.CC(C)C(O)(Cc1ccccc1)C(C)C.C[N-]C.C[N-]C.C[N-]C.C[N-]C.C[N-]C.C[N-]C.C[N-]C.C[N-]C.[Cl][Ti][Cl].[Ti+3].[Ti+4]. The van der Waals surface area contributed by atoms with Crippen molar-refractivity contribution in [3.63, 3.8) is 0 Å². The fourth-order valence-corrected chi connectivity index (χ4v) is 5.99. The molecule has 3 N–H and O–H groups in total. The van der Waals surface area contributed by atoms with Gasteiger partial charge in [-0.2, -0.15) is 113 Å². The third-order valence-electron chi connectivity index (χ3n) is 9.99. The normalized spacial score (nSPS) is 9.59. The number of nitrogens with zero attached hydrogens (tertiary/aromatic N) is 8. The first-order chi connectivity index (χ1) is 33.6. The van der Waals surface area contributed by atoms with Gasteiger partial charge in [0.15, 0.2) is 0 Å². The third-order valence-corrected chi connectivity index (χ3v) is 9.99. The zero-order valence-electron chi connectivity index (χ0n) is 52.4. The van der Waals surface area contributed by atoms with Gasteiger partial charge in [-0.15, -0.1) is 0 Å². The maximum atomic E-state index is 10.6. The molecule has 0 aromatic heterocycles. The van der Waals surface area contributed by atoms with Gasteiger partial charge in [-0.25, -0.2) is 0 Å². The van der Waals surface area contributed by atoms with E-state index in [4.69, 9.17) is 18.6 Å². The molecule has 0 saturated carbocycles. The Balaban J connectivity index is -0.0000000630. The predicted octanol–water partition coefficient (Wildman–Crippen LogP) is 16.8. The van der Waals surface area contributed by atoms with E-state index in [1.54, 1.807) is 113 Å². The van der Waals surface area contributed by atoms with Crippen LogP contribution >= 0.6 is 18.6 Å². The molecule has 0 unspecified atom stereocenters. The monoisotopic (exact) mass is 1200 g/mol. The number of aliphatic hydroxyl groups is 3. The van der Waals surface area contributed by atoms with E-state index < -0.39 is 33.8 Å². The van der Waals surface area contributed by atoms with Gasteiger partial charge >= 0.3 is 79.1 Å². The zero-order valence-corrected chi connectivity index (χ0v) is 58.6. The van der Waals surface area contributed by atoms with Gasteiger partial charge in [0.05, 0.1) is 16.8 Å². The second-order valence-corrected chi connectivity index (χ2v) is 21.1. The molecule has 3 aromatic carbocycles. The van der Waals surface area contributed by atoms with E-state index in [-0.39, 0.29) is 86.4 Å². The van der Waals surface area contributed by atoms with Crippen molar-refractivity contribution in [2.24, 2.45) is 35.5 Å². The number of hydrogen-bond donors (Lipinski definition) is 3. The van der Waals surface area contributed by atoms with Gasteiger partial charge in [0.1, 0.15) is 0 Å². The van der Waals surface area contributed by atoms with E-state index in [1.165, 1.54) is 16.7 Å². The second kappa shape index (κ2) is 76.0. The molecule has 0 bridgehead atoms. The van der Waals surface area contributed by atoms with Gasteiger partial charge in [-0.1, -0.05) is 182 Å². The summed E-state index contributed by atoms with van der Waals surface area (Å²) in [5, 5.41) is 59.9. The Morgan fingerprint density at radius 3 is 0.507 bits per heavy atom. The van der Waals surface area contributed by atoms with Crippen molar-refractivity contribution in [2.75, 3.05) is 113 Å². The van der Waals surface area contributed by atoms with Gasteiger partial charge in [0.25, 0.3) is 0 Å². The number of halogens is 2. The Labute approximate surface area is 515 Å². The zero-order chi connectivity index (χ0) is 58.8. The predicted molar refractivity (Wildman–Crippen MR) is 334 cm³/mol. The van der Waals surface area contributed by atoms with Crippen molar-refractivity contribution in [1.29, 1.82) is 0 Å². The minimum Gasteiger partial charge on any atom is 3.00 e. The average molecular weight is 1200 g/mol. The standard InChI is InChI=1S/3C14H22O.8C2H6N.CH4.2ClH.3Ti/c3*1-11(2)14(15,12(3)4)10-13-8-6-5-7-9-13;8*1-3-2;;;;;;/h3*5-9,11-12,15H,10H2,1-4H3;8*1-2H3;1H4;2*1H;;;/q;;;8*-1;;;;+2;+3;+4/p-2. The first-order valence-electron chi connectivity index (χ1n) is 24.7. The summed E-state index contributed by atoms with van der Waals surface area (Å²) in [6.07, 6.45) is 2.22. The molecule has 439 valence electrons. The van der Waals surface area contributed by atoms with Gasteiger partial charge in [-0.05, 0) is 52.2 Å². The molecule has 11 nitrogen and oxygen atoms in total. The Bertz CT molecular complexity index is 1170. The van der Waals surface area contributed by atoms with Crippen LogP contribution in [0.25, 0.3) is 42.5 Å². The van der Waals surface area contributed by atoms with Gasteiger partial charge in [0, 0.05) is 19.3 Å². The Morgan fingerprint density at radius 2 is 0.427 bits per heavy atom. The van der Waals surface area contributed by atoms with Crippen LogP contribution in [0.1, 0.15) is 107 Å². The molecule has 0 saturated heterocycles. The molecule has 0 amide bonds. The summed E-state index contributed by atoms with van der Waals surface area (Å²) in [4.78, 5) is 0. The van der Waals surface area contributed by atoms with Gasteiger partial charge in [0.2, 0.25) is 0 Å². The van der Waals surface area contributed by atoms with Crippen LogP contribution in [0.4, 0.5) is 0 Å². The van der Waals surface area contributed by atoms with E-state index in [2.05, 4.69) is 162 Å². The summed E-state index contributed by atoms with van der Waals surface area (Å²) in [6.45, 7) is 25.0. The topological polar surface area (TPSA) is 173 Å². The number of benzene rings is 3.